The molecule has 106 valence electrons. The summed E-state index contributed by atoms with van der Waals surface area (Å²) in [4.78, 5) is 12.1. The third-order valence-corrected chi connectivity index (χ3v) is 3.04. The molecule has 20 heavy (non-hydrogen) atoms. The van der Waals surface area contributed by atoms with Crippen molar-refractivity contribution in [3.8, 4) is 0 Å². The molecule has 0 atom stereocenters. The number of nitrogens with zero attached hydrogens (tertiary/aromatic N) is 1. The highest BCUT2D eigenvalue weighted by molar-refractivity contribution is 5.89. The maximum absolute atomic E-state index is 12.1. The van der Waals surface area contributed by atoms with Crippen LogP contribution in [0.3, 0.4) is 0 Å². The van der Waals surface area contributed by atoms with E-state index in [-0.39, 0.29) is 12.6 Å². The zero-order valence-corrected chi connectivity index (χ0v) is 11.9. The van der Waals surface area contributed by atoms with E-state index in [1.54, 1.807) is 12.3 Å². The topological polar surface area (TPSA) is 57.2 Å². The van der Waals surface area contributed by atoms with Gasteiger partial charge in [0, 0.05) is 12.7 Å². The zero-order valence-electron chi connectivity index (χ0n) is 11.9. The van der Waals surface area contributed by atoms with E-state index in [1.807, 2.05) is 35.8 Å². The fraction of sp³-hybridized carbons (Fsp3) is 0.312. The van der Waals surface area contributed by atoms with Gasteiger partial charge in [0.25, 0.3) is 0 Å². The summed E-state index contributed by atoms with van der Waals surface area (Å²) < 4.78 is 7.20. The monoisotopic (exact) mass is 272 g/mol. The molecule has 0 saturated heterocycles. The van der Waals surface area contributed by atoms with Crippen LogP contribution >= 0.6 is 0 Å². The number of esters is 1. The molecule has 2 N–H and O–H groups in total. The summed E-state index contributed by atoms with van der Waals surface area (Å²) in [6, 6.07) is 9.58. The minimum Gasteiger partial charge on any atom is -0.456 e. The van der Waals surface area contributed by atoms with Gasteiger partial charge in [-0.15, -0.1) is 0 Å². The molecule has 0 aliphatic heterocycles. The first-order valence-electron chi connectivity index (χ1n) is 6.78. The SMILES string of the molecule is CCCn1cc(N)cc1C(=O)OCc1cccc(C)c1. The lowest BCUT2D eigenvalue weighted by Gasteiger charge is -2.08. The maximum atomic E-state index is 12.1. The van der Waals surface area contributed by atoms with Crippen molar-refractivity contribution in [3.05, 3.63) is 53.3 Å². The second-order valence-corrected chi connectivity index (χ2v) is 4.92. The molecule has 0 saturated carbocycles. The Kier molecular flexibility index (Phi) is 4.45. The fourth-order valence-corrected chi connectivity index (χ4v) is 2.15. The van der Waals surface area contributed by atoms with Gasteiger partial charge in [-0.05, 0) is 25.0 Å². The number of rotatable bonds is 5. The van der Waals surface area contributed by atoms with Gasteiger partial charge in [-0.3, -0.25) is 0 Å². The molecule has 1 aromatic carbocycles. The van der Waals surface area contributed by atoms with Crippen molar-refractivity contribution in [2.45, 2.75) is 33.4 Å². The number of ether oxygens (including phenoxy) is 1. The maximum Gasteiger partial charge on any atom is 0.355 e. The third kappa shape index (κ3) is 3.41. The molecule has 2 rings (SSSR count). The molecule has 2 aromatic rings. The second-order valence-electron chi connectivity index (χ2n) is 4.92. The molecule has 0 fully saturated rings. The van der Waals surface area contributed by atoms with Gasteiger partial charge in [-0.25, -0.2) is 4.79 Å². The first-order chi connectivity index (χ1) is 9.60. The highest BCUT2D eigenvalue weighted by Crippen LogP contribution is 2.14. The first kappa shape index (κ1) is 14.2. The van der Waals surface area contributed by atoms with Crippen LogP contribution in [0.4, 0.5) is 5.69 Å². The molecule has 0 spiro atoms. The molecule has 0 radical (unpaired) electrons. The van der Waals surface area contributed by atoms with E-state index >= 15 is 0 Å². The van der Waals surface area contributed by atoms with E-state index in [0.717, 1.165) is 24.1 Å². The molecular formula is C16H20N2O2. The molecular weight excluding hydrogens is 252 g/mol. The largest absolute Gasteiger partial charge is 0.456 e. The summed E-state index contributed by atoms with van der Waals surface area (Å²) in [5.41, 5.74) is 8.98. The average molecular weight is 272 g/mol. The van der Waals surface area contributed by atoms with Crippen molar-refractivity contribution >= 4 is 11.7 Å². The Morgan fingerprint density at radius 2 is 2.15 bits per heavy atom. The average Bonchev–Trinajstić information content (AvgIpc) is 2.78. The molecule has 0 aliphatic carbocycles. The predicted octanol–water partition coefficient (Wildman–Crippen LogP) is 3.15. The van der Waals surface area contributed by atoms with Gasteiger partial charge < -0.3 is 15.0 Å². The van der Waals surface area contributed by atoms with Gasteiger partial charge in [-0.2, -0.15) is 0 Å². The highest BCUT2D eigenvalue weighted by Gasteiger charge is 2.14. The number of anilines is 1. The van der Waals surface area contributed by atoms with Crippen LogP contribution in [0.5, 0.6) is 0 Å². The number of carbonyl (C=O) groups excluding carboxylic acids is 1. The van der Waals surface area contributed by atoms with Gasteiger partial charge in [0.05, 0.1) is 5.69 Å². The number of nitrogens with two attached hydrogens (primary N) is 1. The first-order valence-corrected chi connectivity index (χ1v) is 6.78. The van der Waals surface area contributed by atoms with Gasteiger partial charge in [0.15, 0.2) is 0 Å². The van der Waals surface area contributed by atoms with Crippen LogP contribution in [0.25, 0.3) is 0 Å². The summed E-state index contributed by atoms with van der Waals surface area (Å²) in [6.45, 7) is 5.10. The Labute approximate surface area is 119 Å². The molecule has 0 amide bonds. The van der Waals surface area contributed by atoms with Crippen LogP contribution in [0.2, 0.25) is 0 Å². The van der Waals surface area contributed by atoms with Gasteiger partial charge in [0.2, 0.25) is 0 Å². The molecule has 0 bridgehead atoms. The Balaban J connectivity index is 2.05. The van der Waals surface area contributed by atoms with Crippen LogP contribution in [0, 0.1) is 6.92 Å². The number of carbonyl (C=O) groups is 1. The van der Waals surface area contributed by atoms with Crippen molar-refractivity contribution in [1.82, 2.24) is 4.57 Å². The van der Waals surface area contributed by atoms with Gasteiger partial charge in [0.1, 0.15) is 12.3 Å². The molecule has 0 unspecified atom stereocenters. The second kappa shape index (κ2) is 6.28. The molecule has 4 nitrogen and oxygen atoms in total. The number of hydrogen-bond donors (Lipinski definition) is 1. The van der Waals surface area contributed by atoms with E-state index in [0.29, 0.717) is 11.4 Å². The van der Waals surface area contributed by atoms with Crippen LogP contribution in [-0.4, -0.2) is 10.5 Å². The molecule has 1 aromatic heterocycles. The summed E-state index contributed by atoms with van der Waals surface area (Å²) >= 11 is 0. The van der Waals surface area contributed by atoms with E-state index in [1.165, 1.54) is 0 Å². The number of aryl methyl sites for hydroxylation is 2. The number of nitrogen functional groups attached to an aromatic ring is 1. The van der Waals surface area contributed by atoms with Crippen LogP contribution in [0.15, 0.2) is 36.5 Å². The minimum atomic E-state index is -0.336. The lowest BCUT2D eigenvalue weighted by atomic mass is 10.1. The Morgan fingerprint density at radius 1 is 1.35 bits per heavy atom. The quantitative estimate of drug-likeness (QED) is 0.851. The normalized spacial score (nSPS) is 10.5. The highest BCUT2D eigenvalue weighted by atomic mass is 16.5. The number of benzene rings is 1. The summed E-state index contributed by atoms with van der Waals surface area (Å²) in [7, 11) is 0. The lowest BCUT2D eigenvalue weighted by Crippen LogP contribution is -2.11. The standard InChI is InChI=1S/C16H20N2O2/c1-3-7-18-10-14(17)9-15(18)16(19)20-11-13-6-4-5-12(2)8-13/h4-6,8-10H,3,7,11,17H2,1-2H3. The van der Waals surface area contributed by atoms with Crippen LogP contribution < -0.4 is 5.73 Å². The van der Waals surface area contributed by atoms with Crippen molar-refractivity contribution in [2.24, 2.45) is 0 Å². The lowest BCUT2D eigenvalue weighted by molar-refractivity contribution is 0.0460. The molecule has 4 heteroatoms. The zero-order chi connectivity index (χ0) is 14.5. The summed E-state index contributed by atoms with van der Waals surface area (Å²) in [5.74, 6) is -0.336. The van der Waals surface area contributed by atoms with E-state index < -0.39 is 0 Å². The van der Waals surface area contributed by atoms with Crippen LogP contribution in [0.1, 0.15) is 35.0 Å². The third-order valence-electron chi connectivity index (χ3n) is 3.04. The fourth-order valence-electron chi connectivity index (χ4n) is 2.15. The van der Waals surface area contributed by atoms with Crippen molar-refractivity contribution in [2.75, 3.05) is 5.73 Å². The van der Waals surface area contributed by atoms with Crippen molar-refractivity contribution < 1.29 is 9.53 Å². The van der Waals surface area contributed by atoms with Crippen molar-refractivity contribution in [1.29, 1.82) is 0 Å². The Morgan fingerprint density at radius 3 is 2.85 bits per heavy atom. The Bertz CT molecular complexity index is 602. The van der Waals surface area contributed by atoms with E-state index in [9.17, 15) is 4.79 Å². The Hall–Kier alpha value is -2.23. The van der Waals surface area contributed by atoms with Gasteiger partial charge in [-0.1, -0.05) is 36.8 Å². The summed E-state index contributed by atoms with van der Waals surface area (Å²) in [6.07, 6.45) is 2.71. The predicted molar refractivity (Wildman–Crippen MR) is 79.4 cm³/mol. The van der Waals surface area contributed by atoms with Crippen LogP contribution in [-0.2, 0) is 17.9 Å². The van der Waals surface area contributed by atoms with E-state index in [2.05, 4.69) is 6.92 Å². The number of aromatic nitrogens is 1. The number of hydrogen-bond acceptors (Lipinski definition) is 3. The summed E-state index contributed by atoms with van der Waals surface area (Å²) in [5, 5.41) is 0. The molecule has 1 heterocycles. The van der Waals surface area contributed by atoms with Gasteiger partial charge >= 0.3 is 5.97 Å². The molecule has 0 aliphatic rings. The van der Waals surface area contributed by atoms with Crippen molar-refractivity contribution in [3.63, 3.8) is 0 Å². The minimum absolute atomic E-state index is 0.276. The van der Waals surface area contributed by atoms with E-state index in [4.69, 9.17) is 10.5 Å². The smallest absolute Gasteiger partial charge is 0.355 e.